The minimum absolute atomic E-state index is 0.00391. The Labute approximate surface area is 199 Å². The number of ether oxygens (including phenoxy) is 1. The Hall–Kier alpha value is -3.49. The van der Waals surface area contributed by atoms with E-state index in [1.165, 1.54) is 0 Å². The van der Waals surface area contributed by atoms with Gasteiger partial charge in [-0.05, 0) is 29.8 Å². The third-order valence-electron chi connectivity index (χ3n) is 6.48. The number of aromatic nitrogens is 2. The van der Waals surface area contributed by atoms with E-state index < -0.39 is 0 Å². The molecule has 0 atom stereocenters. The predicted octanol–water partition coefficient (Wildman–Crippen LogP) is 2.70. The third kappa shape index (κ3) is 4.73. The second kappa shape index (κ2) is 9.79. The van der Waals surface area contributed by atoms with Gasteiger partial charge in [0.2, 0.25) is 0 Å². The zero-order chi connectivity index (χ0) is 23.5. The first-order chi connectivity index (χ1) is 16.6. The lowest BCUT2D eigenvalue weighted by Gasteiger charge is -2.29. The van der Waals surface area contributed by atoms with Gasteiger partial charge in [-0.3, -0.25) is 19.2 Å². The summed E-state index contributed by atoms with van der Waals surface area (Å²) in [5, 5.41) is 7.50. The molecule has 1 N–H and O–H groups in total. The summed E-state index contributed by atoms with van der Waals surface area (Å²) in [4.78, 5) is 29.8. The molecular formula is C26H29N5O3. The van der Waals surface area contributed by atoms with E-state index in [0.29, 0.717) is 44.1 Å². The van der Waals surface area contributed by atoms with Crippen molar-refractivity contribution >= 4 is 17.5 Å². The molecule has 176 valence electrons. The van der Waals surface area contributed by atoms with Crippen LogP contribution in [0.4, 0.5) is 5.69 Å². The predicted molar refractivity (Wildman–Crippen MR) is 129 cm³/mol. The maximum Gasteiger partial charge on any atom is 0.274 e. The van der Waals surface area contributed by atoms with Gasteiger partial charge in [0.15, 0.2) is 5.69 Å². The summed E-state index contributed by atoms with van der Waals surface area (Å²) in [5.41, 5.74) is 5.27. The first-order valence-corrected chi connectivity index (χ1v) is 11.7. The van der Waals surface area contributed by atoms with Gasteiger partial charge in [-0.25, -0.2) is 0 Å². The number of carbonyl (C=O) groups is 2. The molecule has 0 saturated carbocycles. The fourth-order valence-corrected chi connectivity index (χ4v) is 4.62. The average molecular weight is 460 g/mol. The van der Waals surface area contributed by atoms with E-state index in [2.05, 4.69) is 15.3 Å². The molecule has 2 amide bonds. The minimum Gasteiger partial charge on any atom is -0.378 e. The minimum atomic E-state index is -0.123. The number of morpholine rings is 1. The number of aryl methyl sites for hydroxylation is 1. The third-order valence-corrected chi connectivity index (χ3v) is 6.48. The molecule has 1 aromatic heterocycles. The molecule has 0 bridgehead atoms. The number of hydrogen-bond acceptors (Lipinski definition) is 5. The molecule has 34 heavy (non-hydrogen) atoms. The molecule has 8 nitrogen and oxygen atoms in total. The summed E-state index contributed by atoms with van der Waals surface area (Å²) in [6.45, 7) is 4.70. The first kappa shape index (κ1) is 22.3. The lowest BCUT2D eigenvalue weighted by Crippen LogP contribution is -2.41. The van der Waals surface area contributed by atoms with Crippen molar-refractivity contribution in [2.75, 3.05) is 38.2 Å². The zero-order valence-electron chi connectivity index (χ0n) is 19.4. The number of amides is 2. The molecule has 0 radical (unpaired) electrons. The number of rotatable bonds is 5. The number of carbonyl (C=O) groups excluding carboxylic acids is 2. The zero-order valence-corrected chi connectivity index (χ0v) is 19.4. The van der Waals surface area contributed by atoms with Crippen molar-refractivity contribution in [3.05, 3.63) is 82.7 Å². The SMILES string of the molecule is Cn1nc(C(=O)N2CCOCC2)c2c1CCN(Cc1ccc(C(=O)Nc3ccccc3)cc1)C2. The van der Waals surface area contributed by atoms with Crippen molar-refractivity contribution in [1.82, 2.24) is 19.6 Å². The highest BCUT2D eigenvalue weighted by Crippen LogP contribution is 2.25. The van der Waals surface area contributed by atoms with Crippen molar-refractivity contribution in [3.63, 3.8) is 0 Å². The molecule has 2 aromatic carbocycles. The van der Waals surface area contributed by atoms with Crippen LogP contribution in [0.25, 0.3) is 0 Å². The van der Waals surface area contributed by atoms with E-state index >= 15 is 0 Å². The quantitative estimate of drug-likeness (QED) is 0.635. The standard InChI is InChI=1S/C26H29N5O3/c1-29-23-11-12-30(18-22(23)24(28-29)26(33)31-13-15-34-16-14-31)17-19-7-9-20(10-8-19)25(32)27-21-5-3-2-4-6-21/h2-10H,11-18H2,1H3,(H,27,32). The fourth-order valence-electron chi connectivity index (χ4n) is 4.62. The summed E-state index contributed by atoms with van der Waals surface area (Å²) < 4.78 is 7.25. The van der Waals surface area contributed by atoms with Gasteiger partial charge in [0.25, 0.3) is 11.8 Å². The molecule has 8 heteroatoms. The number of fused-ring (bicyclic) bond motifs is 1. The Morgan fingerprint density at radius 3 is 2.47 bits per heavy atom. The van der Waals surface area contributed by atoms with Crippen molar-refractivity contribution in [3.8, 4) is 0 Å². The number of nitrogens with one attached hydrogen (secondary N) is 1. The first-order valence-electron chi connectivity index (χ1n) is 11.7. The van der Waals surface area contributed by atoms with Gasteiger partial charge >= 0.3 is 0 Å². The van der Waals surface area contributed by atoms with Crippen LogP contribution in [-0.2, 0) is 31.3 Å². The van der Waals surface area contributed by atoms with Crippen LogP contribution in [0.2, 0.25) is 0 Å². The monoisotopic (exact) mass is 459 g/mol. The molecule has 0 aliphatic carbocycles. The molecular weight excluding hydrogens is 430 g/mol. The van der Waals surface area contributed by atoms with Gasteiger partial charge < -0.3 is 15.0 Å². The number of hydrogen-bond donors (Lipinski definition) is 1. The molecule has 3 heterocycles. The highest BCUT2D eigenvalue weighted by molar-refractivity contribution is 6.04. The van der Waals surface area contributed by atoms with Crippen LogP contribution >= 0.6 is 0 Å². The average Bonchev–Trinajstić information content (AvgIpc) is 3.20. The Bertz CT molecular complexity index is 1170. The highest BCUT2D eigenvalue weighted by atomic mass is 16.5. The summed E-state index contributed by atoms with van der Waals surface area (Å²) in [7, 11) is 1.92. The van der Waals surface area contributed by atoms with Gasteiger partial charge in [0.1, 0.15) is 0 Å². The van der Waals surface area contributed by atoms with Crippen LogP contribution in [0.5, 0.6) is 0 Å². The highest BCUT2D eigenvalue weighted by Gasteiger charge is 2.30. The molecule has 0 unspecified atom stereocenters. The molecule has 2 aliphatic heterocycles. The normalized spacial score (nSPS) is 16.2. The van der Waals surface area contributed by atoms with Gasteiger partial charge in [0, 0.05) is 68.7 Å². The van der Waals surface area contributed by atoms with Gasteiger partial charge in [-0.15, -0.1) is 0 Å². The van der Waals surface area contributed by atoms with E-state index in [-0.39, 0.29) is 11.8 Å². The van der Waals surface area contributed by atoms with Crippen LogP contribution in [-0.4, -0.2) is 64.2 Å². The van der Waals surface area contributed by atoms with Gasteiger partial charge in [-0.1, -0.05) is 30.3 Å². The number of nitrogens with zero attached hydrogens (tertiary/aromatic N) is 4. The van der Waals surface area contributed by atoms with Gasteiger partial charge in [-0.2, -0.15) is 5.10 Å². The number of anilines is 1. The summed E-state index contributed by atoms with van der Waals surface area (Å²) in [5.74, 6) is -0.127. The maximum atomic E-state index is 13.1. The second-order valence-corrected chi connectivity index (χ2v) is 8.78. The summed E-state index contributed by atoms with van der Waals surface area (Å²) >= 11 is 0. The molecule has 0 spiro atoms. The largest absolute Gasteiger partial charge is 0.378 e. The van der Waals surface area contributed by atoms with Crippen LogP contribution in [0.3, 0.4) is 0 Å². The molecule has 1 fully saturated rings. The second-order valence-electron chi connectivity index (χ2n) is 8.78. The Morgan fingerprint density at radius 1 is 1.00 bits per heavy atom. The smallest absolute Gasteiger partial charge is 0.274 e. The summed E-state index contributed by atoms with van der Waals surface area (Å²) in [6, 6.07) is 17.2. The summed E-state index contributed by atoms with van der Waals surface area (Å²) in [6.07, 6.45) is 0.854. The van der Waals surface area contributed by atoms with Crippen molar-refractivity contribution in [1.29, 1.82) is 0 Å². The van der Waals surface area contributed by atoms with E-state index in [0.717, 1.165) is 42.0 Å². The van der Waals surface area contributed by atoms with Crippen LogP contribution in [0.1, 0.15) is 37.7 Å². The van der Waals surface area contributed by atoms with Crippen LogP contribution < -0.4 is 5.32 Å². The Balaban J connectivity index is 1.25. The van der Waals surface area contributed by atoms with Crippen molar-refractivity contribution in [2.45, 2.75) is 19.5 Å². The van der Waals surface area contributed by atoms with Gasteiger partial charge in [0.05, 0.1) is 13.2 Å². The van der Waals surface area contributed by atoms with E-state index in [1.54, 1.807) is 0 Å². The molecule has 2 aliphatic rings. The van der Waals surface area contributed by atoms with Crippen molar-refractivity contribution < 1.29 is 14.3 Å². The van der Waals surface area contributed by atoms with E-state index in [9.17, 15) is 9.59 Å². The Morgan fingerprint density at radius 2 is 1.74 bits per heavy atom. The van der Waals surface area contributed by atoms with Crippen LogP contribution in [0, 0.1) is 0 Å². The number of para-hydroxylation sites is 1. The van der Waals surface area contributed by atoms with E-state index in [1.807, 2.05) is 71.2 Å². The molecule has 1 saturated heterocycles. The Kier molecular flexibility index (Phi) is 6.42. The van der Waals surface area contributed by atoms with Crippen LogP contribution in [0.15, 0.2) is 54.6 Å². The topological polar surface area (TPSA) is 79.7 Å². The number of benzene rings is 2. The maximum absolute atomic E-state index is 13.1. The molecule has 5 rings (SSSR count). The lowest BCUT2D eigenvalue weighted by atomic mass is 10.0. The lowest BCUT2D eigenvalue weighted by molar-refractivity contribution is 0.0297. The fraction of sp³-hybridized carbons (Fsp3) is 0.346. The van der Waals surface area contributed by atoms with Crippen molar-refractivity contribution in [2.24, 2.45) is 7.05 Å². The van der Waals surface area contributed by atoms with E-state index in [4.69, 9.17) is 4.74 Å². The molecule has 3 aromatic rings.